The van der Waals surface area contributed by atoms with Crippen molar-refractivity contribution < 1.29 is 0 Å². The normalized spacial score (nSPS) is 9.91. The molecule has 0 fully saturated rings. The van der Waals surface area contributed by atoms with Crippen molar-refractivity contribution in [2.75, 3.05) is 0 Å². The molecule has 22 heavy (non-hydrogen) atoms. The maximum absolute atomic E-state index is 6.12. The van der Waals surface area contributed by atoms with Crippen LogP contribution in [0.5, 0.6) is 0 Å². The van der Waals surface area contributed by atoms with Gasteiger partial charge in [-0.05, 0) is 23.9 Å². The van der Waals surface area contributed by atoms with Crippen LogP contribution in [0.4, 0.5) is 0 Å². The summed E-state index contributed by atoms with van der Waals surface area (Å²) in [5.74, 6) is -0.0163. The Morgan fingerprint density at radius 3 is 1.82 bits per heavy atom. The molecule has 1 aromatic heterocycles. The van der Waals surface area contributed by atoms with E-state index in [1.807, 2.05) is 54.1 Å². The zero-order chi connectivity index (χ0) is 15.8. The molecule has 2 radical (unpaired) electrons. The molecule has 0 bridgehead atoms. The van der Waals surface area contributed by atoms with Gasteiger partial charge in [-0.2, -0.15) is 0 Å². The van der Waals surface area contributed by atoms with Gasteiger partial charge in [0.05, 0.1) is 14.2 Å². The number of aromatic nitrogens is 2. The second kappa shape index (κ2) is 8.03. The van der Waals surface area contributed by atoms with Crippen LogP contribution in [0.15, 0.2) is 86.0 Å². The van der Waals surface area contributed by atoms with Crippen LogP contribution >= 0.6 is 0 Å². The van der Waals surface area contributed by atoms with Gasteiger partial charge in [0.2, 0.25) is 0 Å². The summed E-state index contributed by atoms with van der Waals surface area (Å²) in [5, 5.41) is 0. The molecule has 0 aliphatic heterocycles. The van der Waals surface area contributed by atoms with Gasteiger partial charge in [0.25, 0.3) is 0 Å². The van der Waals surface area contributed by atoms with E-state index in [4.69, 9.17) is 7.85 Å². The Hall–Kier alpha value is -2.55. The van der Waals surface area contributed by atoms with Gasteiger partial charge in [-0.25, -0.2) is 4.98 Å². The Kier molecular flexibility index (Phi) is 5.78. The Bertz CT molecular complexity index is 636. The van der Waals surface area contributed by atoms with E-state index in [9.17, 15) is 0 Å². The standard InChI is InChI=1S/C13H11B.C6H8N2/c14-13(11-7-3-1-4-8-11)12-9-5-2-6-10-12;1-6(2)8-4-3-7-5-8/h1-10,13H;3-5H,1H2,2H3. The van der Waals surface area contributed by atoms with Gasteiger partial charge in [0.15, 0.2) is 0 Å². The van der Waals surface area contributed by atoms with Crippen molar-refractivity contribution in [2.45, 2.75) is 12.7 Å². The Labute approximate surface area is 133 Å². The Morgan fingerprint density at radius 2 is 1.50 bits per heavy atom. The van der Waals surface area contributed by atoms with E-state index in [-0.39, 0.29) is 5.82 Å². The number of nitrogens with zero attached hydrogens (tertiary/aromatic N) is 2. The van der Waals surface area contributed by atoms with Crippen LogP contribution in [0.1, 0.15) is 23.9 Å². The highest BCUT2D eigenvalue weighted by atomic mass is 15.0. The van der Waals surface area contributed by atoms with E-state index in [1.54, 1.807) is 12.5 Å². The van der Waals surface area contributed by atoms with E-state index in [0.29, 0.717) is 0 Å². The number of hydrogen-bond acceptors (Lipinski definition) is 1. The van der Waals surface area contributed by atoms with E-state index < -0.39 is 0 Å². The number of hydrogen-bond donors (Lipinski definition) is 0. The SMILES string of the molecule is C=C(C)n1ccnc1.[B]C(c1ccccc1)c1ccccc1. The first kappa shape index (κ1) is 15.8. The molecule has 0 aliphatic carbocycles. The molecule has 108 valence electrons. The van der Waals surface area contributed by atoms with Gasteiger partial charge in [0.1, 0.15) is 0 Å². The minimum atomic E-state index is -0.0163. The minimum Gasteiger partial charge on any atom is -0.311 e. The lowest BCUT2D eigenvalue weighted by Gasteiger charge is -2.12. The van der Waals surface area contributed by atoms with E-state index >= 15 is 0 Å². The number of imidazole rings is 1. The second-order valence-corrected chi connectivity index (χ2v) is 5.00. The molecule has 0 spiro atoms. The summed E-state index contributed by atoms with van der Waals surface area (Å²) in [5.41, 5.74) is 3.29. The van der Waals surface area contributed by atoms with Crippen molar-refractivity contribution in [3.63, 3.8) is 0 Å². The predicted molar refractivity (Wildman–Crippen MR) is 93.7 cm³/mol. The van der Waals surface area contributed by atoms with Crippen molar-refractivity contribution in [2.24, 2.45) is 0 Å². The molecule has 1 heterocycles. The van der Waals surface area contributed by atoms with Crippen molar-refractivity contribution in [3.8, 4) is 0 Å². The Morgan fingerprint density at radius 1 is 1.00 bits per heavy atom. The molecule has 0 atom stereocenters. The van der Waals surface area contributed by atoms with Crippen LogP contribution < -0.4 is 0 Å². The Balaban J connectivity index is 0.000000188. The average molecular weight is 286 g/mol. The third-order valence-corrected chi connectivity index (χ3v) is 3.26. The summed E-state index contributed by atoms with van der Waals surface area (Å²) in [6, 6.07) is 20.3. The third kappa shape index (κ3) is 4.49. The molecule has 0 aliphatic rings. The third-order valence-electron chi connectivity index (χ3n) is 3.26. The van der Waals surface area contributed by atoms with E-state index in [2.05, 4.69) is 35.8 Å². The molecule has 0 saturated heterocycles. The molecule has 2 nitrogen and oxygen atoms in total. The maximum Gasteiger partial charge on any atom is 0.0988 e. The average Bonchev–Trinajstić information content (AvgIpc) is 3.11. The van der Waals surface area contributed by atoms with Gasteiger partial charge in [-0.15, -0.1) is 0 Å². The molecular formula is C19H19BN2. The molecule has 0 unspecified atom stereocenters. The summed E-state index contributed by atoms with van der Waals surface area (Å²) < 4.78 is 1.86. The van der Waals surface area contributed by atoms with Gasteiger partial charge in [0, 0.05) is 18.1 Å². The highest BCUT2D eigenvalue weighted by molar-refractivity contribution is 6.14. The predicted octanol–water partition coefficient (Wildman–Crippen LogP) is 4.32. The monoisotopic (exact) mass is 286 g/mol. The molecule has 3 heteroatoms. The fraction of sp³-hybridized carbons (Fsp3) is 0.105. The first-order chi connectivity index (χ1) is 10.7. The minimum absolute atomic E-state index is 0.0163. The molecule has 2 aromatic carbocycles. The molecule has 3 rings (SSSR count). The van der Waals surface area contributed by atoms with Crippen LogP contribution in [0.3, 0.4) is 0 Å². The second-order valence-electron chi connectivity index (χ2n) is 5.00. The summed E-state index contributed by atoms with van der Waals surface area (Å²) >= 11 is 0. The zero-order valence-electron chi connectivity index (χ0n) is 12.8. The summed E-state index contributed by atoms with van der Waals surface area (Å²) in [7, 11) is 6.12. The van der Waals surface area contributed by atoms with Crippen molar-refractivity contribution >= 4 is 13.5 Å². The van der Waals surface area contributed by atoms with Gasteiger partial charge >= 0.3 is 0 Å². The van der Waals surface area contributed by atoms with E-state index in [0.717, 1.165) is 16.8 Å². The van der Waals surface area contributed by atoms with Gasteiger partial charge in [-0.1, -0.05) is 67.2 Å². The fourth-order valence-electron chi connectivity index (χ4n) is 2.00. The first-order valence-electron chi connectivity index (χ1n) is 7.18. The summed E-state index contributed by atoms with van der Waals surface area (Å²) in [6.45, 7) is 5.65. The number of rotatable bonds is 3. The van der Waals surface area contributed by atoms with Crippen molar-refractivity contribution in [1.82, 2.24) is 9.55 Å². The maximum atomic E-state index is 6.12. The van der Waals surface area contributed by atoms with Crippen molar-refractivity contribution in [1.29, 1.82) is 0 Å². The van der Waals surface area contributed by atoms with E-state index in [1.165, 1.54) is 0 Å². The zero-order valence-corrected chi connectivity index (χ0v) is 12.8. The lowest BCUT2D eigenvalue weighted by atomic mass is 9.76. The van der Waals surface area contributed by atoms with Crippen LogP contribution in [-0.2, 0) is 0 Å². The van der Waals surface area contributed by atoms with Crippen LogP contribution in [0, 0.1) is 0 Å². The van der Waals surface area contributed by atoms with Gasteiger partial charge in [-0.3, -0.25) is 0 Å². The summed E-state index contributed by atoms with van der Waals surface area (Å²) in [4.78, 5) is 3.85. The lowest BCUT2D eigenvalue weighted by Crippen LogP contribution is -1.99. The van der Waals surface area contributed by atoms with Crippen molar-refractivity contribution in [3.05, 3.63) is 97.1 Å². The van der Waals surface area contributed by atoms with Crippen LogP contribution in [-0.4, -0.2) is 17.4 Å². The van der Waals surface area contributed by atoms with Crippen LogP contribution in [0.25, 0.3) is 5.70 Å². The quantitative estimate of drug-likeness (QED) is 0.656. The molecule has 3 aromatic rings. The lowest BCUT2D eigenvalue weighted by molar-refractivity contribution is 1.08. The highest BCUT2D eigenvalue weighted by Gasteiger charge is 2.05. The molecular weight excluding hydrogens is 267 g/mol. The number of allylic oxidation sites excluding steroid dienone is 1. The topological polar surface area (TPSA) is 17.8 Å². The molecule has 0 amide bonds. The fourth-order valence-corrected chi connectivity index (χ4v) is 2.00. The molecule has 0 saturated carbocycles. The van der Waals surface area contributed by atoms with Crippen LogP contribution in [0.2, 0.25) is 0 Å². The molecule has 0 N–H and O–H groups in total. The smallest absolute Gasteiger partial charge is 0.0988 e. The number of benzene rings is 2. The largest absolute Gasteiger partial charge is 0.311 e. The highest BCUT2D eigenvalue weighted by Crippen LogP contribution is 2.20. The van der Waals surface area contributed by atoms with Gasteiger partial charge < -0.3 is 4.57 Å². The summed E-state index contributed by atoms with van der Waals surface area (Å²) in [6.07, 6.45) is 5.32. The first-order valence-corrected chi connectivity index (χ1v) is 7.18.